The average Bonchev–Trinajstić information content (AvgIpc) is 2.25. The molecule has 0 bridgehead atoms. The van der Waals surface area contributed by atoms with Crippen LogP contribution in [0.1, 0.15) is 32.6 Å². The Labute approximate surface area is 85.8 Å². The molecule has 82 valence electrons. The Hall–Kier alpha value is -0.410. The van der Waals surface area contributed by atoms with Crippen molar-refractivity contribution in [2.45, 2.75) is 32.6 Å². The van der Waals surface area contributed by atoms with Gasteiger partial charge in [0.15, 0.2) is 0 Å². The second kappa shape index (κ2) is 6.96. The third kappa shape index (κ3) is 4.20. The van der Waals surface area contributed by atoms with E-state index in [9.17, 15) is 4.79 Å². The minimum absolute atomic E-state index is 0.133. The first-order chi connectivity index (χ1) is 6.84. The monoisotopic (exact) mass is 200 g/mol. The van der Waals surface area contributed by atoms with Crippen molar-refractivity contribution in [3.63, 3.8) is 0 Å². The maximum atomic E-state index is 11.6. The molecule has 1 saturated heterocycles. The smallest absolute Gasteiger partial charge is 0.140 e. The maximum Gasteiger partial charge on any atom is 0.140 e. The van der Waals surface area contributed by atoms with Gasteiger partial charge in [0.05, 0.1) is 13.2 Å². The molecular formula is C11H20O3. The molecule has 0 N–H and O–H groups in total. The SMILES string of the molecule is CCCOCCC(=O)C1CCCOC1. The normalized spacial score (nSPS) is 22.2. The highest BCUT2D eigenvalue weighted by atomic mass is 16.5. The first-order valence-corrected chi connectivity index (χ1v) is 5.52. The molecule has 1 rings (SSSR count). The second-order valence-electron chi connectivity index (χ2n) is 3.74. The molecule has 3 heteroatoms. The van der Waals surface area contributed by atoms with Crippen molar-refractivity contribution in [3.05, 3.63) is 0 Å². The zero-order valence-corrected chi connectivity index (χ0v) is 8.96. The molecule has 1 aliphatic heterocycles. The van der Waals surface area contributed by atoms with E-state index in [1.54, 1.807) is 0 Å². The van der Waals surface area contributed by atoms with E-state index in [0.29, 0.717) is 25.4 Å². The highest BCUT2D eigenvalue weighted by molar-refractivity contribution is 5.81. The van der Waals surface area contributed by atoms with Crippen LogP contribution in [0.4, 0.5) is 0 Å². The fourth-order valence-corrected chi connectivity index (χ4v) is 1.62. The van der Waals surface area contributed by atoms with Crippen LogP contribution in [0.3, 0.4) is 0 Å². The molecule has 1 heterocycles. The summed E-state index contributed by atoms with van der Waals surface area (Å²) in [6.07, 6.45) is 3.58. The minimum Gasteiger partial charge on any atom is -0.381 e. The van der Waals surface area contributed by atoms with E-state index < -0.39 is 0 Å². The van der Waals surface area contributed by atoms with Crippen LogP contribution in [-0.2, 0) is 14.3 Å². The van der Waals surface area contributed by atoms with Crippen LogP contribution in [0.15, 0.2) is 0 Å². The Morgan fingerprint density at radius 2 is 2.36 bits per heavy atom. The van der Waals surface area contributed by atoms with Gasteiger partial charge in [0.25, 0.3) is 0 Å². The molecule has 0 amide bonds. The van der Waals surface area contributed by atoms with E-state index in [-0.39, 0.29) is 5.92 Å². The van der Waals surface area contributed by atoms with Gasteiger partial charge in [-0.1, -0.05) is 6.92 Å². The fraction of sp³-hybridized carbons (Fsp3) is 0.909. The number of rotatable bonds is 6. The standard InChI is InChI=1S/C11H20O3/c1-2-6-13-8-5-11(12)10-4-3-7-14-9-10/h10H,2-9H2,1H3. The molecule has 14 heavy (non-hydrogen) atoms. The average molecular weight is 200 g/mol. The summed E-state index contributed by atoms with van der Waals surface area (Å²) < 4.78 is 10.6. The molecule has 0 spiro atoms. The van der Waals surface area contributed by atoms with E-state index in [0.717, 1.165) is 32.5 Å². The Bertz CT molecular complexity index is 162. The van der Waals surface area contributed by atoms with Crippen LogP contribution in [-0.4, -0.2) is 32.2 Å². The lowest BCUT2D eigenvalue weighted by Crippen LogP contribution is -2.26. The van der Waals surface area contributed by atoms with Crippen LogP contribution < -0.4 is 0 Å². The summed E-state index contributed by atoms with van der Waals surface area (Å²) in [6.45, 7) is 4.83. The summed E-state index contributed by atoms with van der Waals surface area (Å²) in [6, 6.07) is 0. The lowest BCUT2D eigenvalue weighted by molar-refractivity contribution is -0.127. The van der Waals surface area contributed by atoms with E-state index in [1.165, 1.54) is 0 Å². The molecule has 3 nitrogen and oxygen atoms in total. The van der Waals surface area contributed by atoms with Crippen molar-refractivity contribution in [1.82, 2.24) is 0 Å². The quantitative estimate of drug-likeness (QED) is 0.613. The van der Waals surface area contributed by atoms with Gasteiger partial charge in [0.1, 0.15) is 5.78 Å². The van der Waals surface area contributed by atoms with Crippen molar-refractivity contribution in [3.8, 4) is 0 Å². The van der Waals surface area contributed by atoms with Crippen LogP contribution in [0.2, 0.25) is 0 Å². The predicted octanol–water partition coefficient (Wildman–Crippen LogP) is 1.80. The van der Waals surface area contributed by atoms with Gasteiger partial charge in [0.2, 0.25) is 0 Å². The molecule has 1 aliphatic rings. The number of ketones is 1. The second-order valence-corrected chi connectivity index (χ2v) is 3.74. The van der Waals surface area contributed by atoms with Gasteiger partial charge in [-0.2, -0.15) is 0 Å². The Morgan fingerprint density at radius 3 is 3.00 bits per heavy atom. The van der Waals surface area contributed by atoms with Gasteiger partial charge in [-0.15, -0.1) is 0 Å². The van der Waals surface area contributed by atoms with Crippen LogP contribution >= 0.6 is 0 Å². The van der Waals surface area contributed by atoms with E-state index in [1.807, 2.05) is 0 Å². The summed E-state index contributed by atoms with van der Waals surface area (Å²) in [5, 5.41) is 0. The Kier molecular flexibility index (Phi) is 5.80. The zero-order chi connectivity index (χ0) is 10.2. The van der Waals surface area contributed by atoms with E-state index >= 15 is 0 Å². The Balaban J connectivity index is 2.07. The molecule has 1 unspecified atom stereocenters. The number of carbonyl (C=O) groups excluding carboxylic acids is 1. The first-order valence-electron chi connectivity index (χ1n) is 5.52. The molecule has 0 aromatic rings. The van der Waals surface area contributed by atoms with Gasteiger partial charge in [-0.05, 0) is 19.3 Å². The first kappa shape index (κ1) is 11.7. The van der Waals surface area contributed by atoms with Crippen LogP contribution in [0.5, 0.6) is 0 Å². The fourth-order valence-electron chi connectivity index (χ4n) is 1.62. The number of ether oxygens (including phenoxy) is 2. The van der Waals surface area contributed by atoms with Crippen molar-refractivity contribution in [2.75, 3.05) is 26.4 Å². The molecular weight excluding hydrogens is 180 g/mol. The molecule has 0 aromatic heterocycles. The van der Waals surface area contributed by atoms with Crippen molar-refractivity contribution in [2.24, 2.45) is 5.92 Å². The van der Waals surface area contributed by atoms with Crippen molar-refractivity contribution in [1.29, 1.82) is 0 Å². The largest absolute Gasteiger partial charge is 0.381 e. The van der Waals surface area contributed by atoms with Gasteiger partial charge < -0.3 is 9.47 Å². The van der Waals surface area contributed by atoms with E-state index in [2.05, 4.69) is 6.92 Å². The minimum atomic E-state index is 0.133. The molecule has 0 aromatic carbocycles. The third-order valence-corrected chi connectivity index (χ3v) is 2.46. The summed E-state index contributed by atoms with van der Waals surface area (Å²) >= 11 is 0. The summed E-state index contributed by atoms with van der Waals surface area (Å²) in [4.78, 5) is 11.6. The van der Waals surface area contributed by atoms with Crippen LogP contribution in [0.25, 0.3) is 0 Å². The lowest BCUT2D eigenvalue weighted by Gasteiger charge is -2.20. The Morgan fingerprint density at radius 1 is 1.50 bits per heavy atom. The highest BCUT2D eigenvalue weighted by Gasteiger charge is 2.20. The number of hydrogen-bond donors (Lipinski definition) is 0. The molecule has 0 aliphatic carbocycles. The molecule has 0 radical (unpaired) electrons. The lowest BCUT2D eigenvalue weighted by atomic mass is 9.96. The zero-order valence-electron chi connectivity index (χ0n) is 8.96. The van der Waals surface area contributed by atoms with Gasteiger partial charge >= 0.3 is 0 Å². The topological polar surface area (TPSA) is 35.5 Å². The number of hydrogen-bond acceptors (Lipinski definition) is 3. The van der Waals surface area contributed by atoms with Gasteiger partial charge in [-0.25, -0.2) is 0 Å². The van der Waals surface area contributed by atoms with Crippen molar-refractivity contribution < 1.29 is 14.3 Å². The van der Waals surface area contributed by atoms with Gasteiger partial charge in [0, 0.05) is 25.6 Å². The third-order valence-electron chi connectivity index (χ3n) is 2.46. The molecule has 1 fully saturated rings. The summed E-state index contributed by atoms with van der Waals surface area (Å²) in [5.41, 5.74) is 0. The summed E-state index contributed by atoms with van der Waals surface area (Å²) in [5.74, 6) is 0.440. The number of carbonyl (C=O) groups is 1. The van der Waals surface area contributed by atoms with Crippen molar-refractivity contribution >= 4 is 5.78 Å². The summed E-state index contributed by atoms with van der Waals surface area (Å²) in [7, 11) is 0. The predicted molar refractivity (Wildman–Crippen MR) is 54.3 cm³/mol. The molecule has 1 atom stereocenters. The maximum absolute atomic E-state index is 11.6. The van der Waals surface area contributed by atoms with E-state index in [4.69, 9.17) is 9.47 Å². The number of Topliss-reactive ketones (excluding diaryl/α,β-unsaturated/α-hetero) is 1. The van der Waals surface area contributed by atoms with Crippen LogP contribution in [0, 0.1) is 5.92 Å². The highest BCUT2D eigenvalue weighted by Crippen LogP contribution is 2.15. The molecule has 0 saturated carbocycles. The van der Waals surface area contributed by atoms with Gasteiger partial charge in [-0.3, -0.25) is 4.79 Å².